The summed E-state index contributed by atoms with van der Waals surface area (Å²) in [7, 11) is 0. The van der Waals surface area contributed by atoms with E-state index < -0.39 is 11.9 Å². The first kappa shape index (κ1) is 26.1. The number of hydrogen-bond donors (Lipinski definition) is 1. The van der Waals surface area contributed by atoms with E-state index in [1.165, 1.54) is 23.1 Å². The monoisotopic (exact) mass is 547 g/mol. The van der Waals surface area contributed by atoms with Crippen LogP contribution in [0.25, 0.3) is 5.57 Å². The highest BCUT2D eigenvalue weighted by molar-refractivity contribution is 6.30. The van der Waals surface area contributed by atoms with Crippen LogP contribution in [-0.2, 0) is 16.1 Å². The van der Waals surface area contributed by atoms with Gasteiger partial charge in [0.2, 0.25) is 11.8 Å². The molecule has 2 fully saturated rings. The lowest BCUT2D eigenvalue weighted by molar-refractivity contribution is -0.136. The van der Waals surface area contributed by atoms with E-state index in [1.54, 1.807) is 11.0 Å². The van der Waals surface area contributed by atoms with Crippen molar-refractivity contribution in [3.05, 3.63) is 69.8 Å². The summed E-state index contributed by atoms with van der Waals surface area (Å²) < 4.78 is 6.40. The molecule has 2 saturated heterocycles. The molecule has 6 rings (SSSR count). The maximum atomic E-state index is 13.1. The van der Waals surface area contributed by atoms with E-state index >= 15 is 0 Å². The van der Waals surface area contributed by atoms with E-state index in [1.807, 2.05) is 24.3 Å². The zero-order valence-corrected chi connectivity index (χ0v) is 23.2. The van der Waals surface area contributed by atoms with Crippen molar-refractivity contribution < 1.29 is 19.1 Å². The Morgan fingerprint density at radius 2 is 1.82 bits per heavy atom. The predicted molar refractivity (Wildman–Crippen MR) is 149 cm³/mol. The Morgan fingerprint density at radius 1 is 1.05 bits per heavy atom. The van der Waals surface area contributed by atoms with E-state index in [2.05, 4.69) is 36.2 Å². The molecular weight excluding hydrogens is 514 g/mol. The first-order chi connectivity index (χ1) is 18.7. The molecule has 8 heteroatoms. The normalized spacial score (nSPS) is 23.5. The Morgan fingerprint density at radius 3 is 2.56 bits per heavy atom. The number of benzene rings is 2. The molecule has 0 aromatic heterocycles. The molecule has 1 N–H and O–H groups in total. The van der Waals surface area contributed by atoms with Gasteiger partial charge in [0.15, 0.2) is 0 Å². The van der Waals surface area contributed by atoms with Crippen molar-refractivity contribution in [2.45, 2.75) is 64.6 Å². The second-order valence-corrected chi connectivity index (χ2v) is 12.5. The quantitative estimate of drug-likeness (QED) is 0.524. The van der Waals surface area contributed by atoms with Crippen molar-refractivity contribution in [2.75, 3.05) is 19.6 Å². The van der Waals surface area contributed by atoms with Crippen LogP contribution in [-0.4, -0.2) is 59.3 Å². The molecule has 3 heterocycles. The van der Waals surface area contributed by atoms with Gasteiger partial charge in [-0.25, -0.2) is 0 Å². The largest absolute Gasteiger partial charge is 0.487 e. The van der Waals surface area contributed by atoms with Crippen LogP contribution in [0.3, 0.4) is 0 Å². The Bertz CT molecular complexity index is 1360. The van der Waals surface area contributed by atoms with Crippen LogP contribution < -0.4 is 10.1 Å². The minimum absolute atomic E-state index is 0.0486. The summed E-state index contributed by atoms with van der Waals surface area (Å²) in [6, 6.07) is 13.1. The first-order valence-corrected chi connectivity index (χ1v) is 14.2. The molecule has 1 atom stereocenters. The molecule has 0 saturated carbocycles. The van der Waals surface area contributed by atoms with Gasteiger partial charge in [-0.05, 0) is 66.5 Å². The van der Waals surface area contributed by atoms with Crippen LogP contribution >= 0.6 is 11.6 Å². The van der Waals surface area contributed by atoms with Crippen molar-refractivity contribution in [1.29, 1.82) is 0 Å². The Labute approximate surface area is 234 Å². The van der Waals surface area contributed by atoms with Gasteiger partial charge in [0.05, 0.1) is 6.54 Å². The van der Waals surface area contributed by atoms with Gasteiger partial charge in [0.1, 0.15) is 17.9 Å². The Balaban J connectivity index is 1.12. The third kappa shape index (κ3) is 5.22. The average Bonchev–Trinajstić information content (AvgIpc) is 3.20. The average molecular weight is 548 g/mol. The number of rotatable bonds is 6. The molecule has 39 heavy (non-hydrogen) atoms. The van der Waals surface area contributed by atoms with Crippen LogP contribution in [0.15, 0.2) is 48.0 Å². The van der Waals surface area contributed by atoms with Crippen molar-refractivity contribution >= 4 is 34.9 Å². The highest BCUT2D eigenvalue weighted by atomic mass is 35.5. The van der Waals surface area contributed by atoms with Crippen LogP contribution in [0.2, 0.25) is 5.02 Å². The second-order valence-electron chi connectivity index (χ2n) is 12.0. The number of fused-ring (bicyclic) bond motifs is 1. The van der Waals surface area contributed by atoms with Crippen molar-refractivity contribution in [3.8, 4) is 5.75 Å². The molecule has 2 aromatic carbocycles. The standard InChI is InChI=1S/C31H34ClN3O4/c1-31(2)13-12-23(19-6-8-21(32)9-7-19)20(14-31)15-34-16-22(17-34)39-27-5-3-4-24-25(27)18-35(30(24)38)26-10-11-28(36)33-29(26)37/h3-9,22,26H,10-18H2,1-2H3,(H,33,36,37). The summed E-state index contributed by atoms with van der Waals surface area (Å²) in [6.07, 6.45) is 3.97. The molecule has 0 radical (unpaired) electrons. The van der Waals surface area contributed by atoms with E-state index in [0.29, 0.717) is 24.3 Å². The lowest BCUT2D eigenvalue weighted by Gasteiger charge is -2.42. The molecule has 3 aliphatic heterocycles. The van der Waals surface area contributed by atoms with Crippen molar-refractivity contribution in [3.63, 3.8) is 0 Å². The second kappa shape index (κ2) is 10.1. The highest BCUT2D eigenvalue weighted by Gasteiger charge is 2.41. The Hall–Kier alpha value is -3.16. The van der Waals surface area contributed by atoms with Gasteiger partial charge in [0, 0.05) is 42.2 Å². The number of carbonyl (C=O) groups is 3. The number of hydrogen-bond acceptors (Lipinski definition) is 5. The minimum Gasteiger partial charge on any atom is -0.487 e. The summed E-state index contributed by atoms with van der Waals surface area (Å²) >= 11 is 6.14. The number of halogens is 1. The number of carbonyl (C=O) groups excluding carboxylic acids is 3. The molecule has 0 spiro atoms. The number of ether oxygens (including phenoxy) is 1. The molecule has 1 unspecified atom stereocenters. The molecule has 204 valence electrons. The number of amides is 3. The van der Waals surface area contributed by atoms with Crippen molar-refractivity contribution in [1.82, 2.24) is 15.1 Å². The summed E-state index contributed by atoms with van der Waals surface area (Å²) in [6.45, 7) is 7.60. The third-order valence-electron chi connectivity index (χ3n) is 8.53. The lowest BCUT2D eigenvalue weighted by atomic mass is 9.72. The van der Waals surface area contributed by atoms with E-state index in [9.17, 15) is 14.4 Å². The van der Waals surface area contributed by atoms with Crippen LogP contribution in [0.1, 0.15) is 67.4 Å². The van der Waals surface area contributed by atoms with Gasteiger partial charge >= 0.3 is 0 Å². The fraction of sp³-hybridized carbons (Fsp3) is 0.452. The number of nitrogens with one attached hydrogen (secondary N) is 1. The Kier molecular flexibility index (Phi) is 6.76. The number of likely N-dealkylation sites (tertiary alicyclic amines) is 1. The maximum absolute atomic E-state index is 13.1. The molecule has 4 aliphatic rings. The fourth-order valence-electron chi connectivity index (χ4n) is 6.41. The number of piperidine rings is 1. The van der Waals surface area contributed by atoms with Gasteiger partial charge < -0.3 is 9.64 Å². The summed E-state index contributed by atoms with van der Waals surface area (Å²) in [5.41, 5.74) is 5.91. The minimum atomic E-state index is -0.627. The lowest BCUT2D eigenvalue weighted by Crippen LogP contribution is -2.54. The van der Waals surface area contributed by atoms with Gasteiger partial charge in [-0.15, -0.1) is 0 Å². The zero-order chi connectivity index (χ0) is 27.3. The number of imide groups is 1. The van der Waals surface area contributed by atoms with E-state index in [0.717, 1.165) is 43.1 Å². The van der Waals surface area contributed by atoms with Gasteiger partial charge in [-0.1, -0.05) is 49.2 Å². The molecule has 0 bridgehead atoms. The highest BCUT2D eigenvalue weighted by Crippen LogP contribution is 2.43. The molecule has 2 aromatic rings. The SMILES string of the molecule is CC1(C)CCC(c2ccc(Cl)cc2)=C(CN2CC(Oc3cccc4c3CN(C3CCC(=O)NC3=O)C4=O)C2)C1. The van der Waals surface area contributed by atoms with Crippen LogP contribution in [0.4, 0.5) is 0 Å². The number of allylic oxidation sites excluding steroid dienone is 1. The van der Waals surface area contributed by atoms with Crippen molar-refractivity contribution in [2.24, 2.45) is 5.41 Å². The van der Waals surface area contributed by atoms with Gasteiger partial charge in [-0.3, -0.25) is 24.6 Å². The first-order valence-electron chi connectivity index (χ1n) is 13.8. The predicted octanol–water partition coefficient (Wildman–Crippen LogP) is 4.83. The van der Waals surface area contributed by atoms with Gasteiger partial charge in [-0.2, -0.15) is 0 Å². The summed E-state index contributed by atoms with van der Waals surface area (Å²) in [5, 5.41) is 3.12. The molecular formula is C31H34ClN3O4. The summed E-state index contributed by atoms with van der Waals surface area (Å²) in [4.78, 5) is 41.1. The fourth-order valence-corrected chi connectivity index (χ4v) is 6.53. The maximum Gasteiger partial charge on any atom is 0.255 e. The topological polar surface area (TPSA) is 79.0 Å². The van der Waals surface area contributed by atoms with Crippen LogP contribution in [0.5, 0.6) is 5.75 Å². The van der Waals surface area contributed by atoms with Crippen LogP contribution in [0, 0.1) is 5.41 Å². The third-order valence-corrected chi connectivity index (χ3v) is 8.79. The number of nitrogens with zero attached hydrogens (tertiary/aromatic N) is 2. The van der Waals surface area contributed by atoms with E-state index in [-0.39, 0.29) is 29.8 Å². The zero-order valence-electron chi connectivity index (χ0n) is 22.5. The molecule has 7 nitrogen and oxygen atoms in total. The van der Waals surface area contributed by atoms with E-state index in [4.69, 9.17) is 16.3 Å². The molecule has 3 amide bonds. The smallest absolute Gasteiger partial charge is 0.255 e. The summed E-state index contributed by atoms with van der Waals surface area (Å²) in [5.74, 6) is -0.156. The molecule has 1 aliphatic carbocycles. The van der Waals surface area contributed by atoms with Gasteiger partial charge in [0.25, 0.3) is 5.91 Å².